The Hall–Kier alpha value is -8.54. The number of hydrogen-bond donors (Lipinski definition) is 0. The van der Waals surface area contributed by atoms with Crippen molar-refractivity contribution >= 4 is 71.2 Å². The van der Waals surface area contributed by atoms with E-state index in [1.165, 1.54) is 0 Å². The van der Waals surface area contributed by atoms with Gasteiger partial charge in [-0.1, -0.05) is 91.0 Å². The van der Waals surface area contributed by atoms with Crippen LogP contribution >= 0.6 is 0 Å². The highest BCUT2D eigenvalue weighted by atomic mass is 16.8. The molecule has 482 valence electrons. The van der Waals surface area contributed by atoms with Gasteiger partial charge in [0.25, 0.3) is 0 Å². The molecule has 0 bridgehead atoms. The first-order chi connectivity index (χ1) is 42.3. The fourth-order valence-corrected chi connectivity index (χ4v) is 9.86. The highest BCUT2D eigenvalue weighted by Gasteiger charge is 2.60. The molecule has 6 rings (SSSR count). The predicted molar refractivity (Wildman–Crippen MR) is 298 cm³/mol. The summed E-state index contributed by atoms with van der Waals surface area (Å²) in [6.07, 6.45) is -28.0. The third-order valence-corrected chi connectivity index (χ3v) is 13.2. The quantitative estimate of drug-likeness (QED) is 0.0633. The zero-order valence-corrected chi connectivity index (χ0v) is 50.4. The number of ether oxygens (including phenoxy) is 16. The summed E-state index contributed by atoms with van der Waals surface area (Å²) in [6, 6.07) is 25.5. The van der Waals surface area contributed by atoms with E-state index >= 15 is 0 Å². The molecule has 89 heavy (non-hydrogen) atoms. The van der Waals surface area contributed by atoms with E-state index in [0.29, 0.717) is 22.4 Å². The Kier molecular flexibility index (Phi) is 25.9. The van der Waals surface area contributed by atoms with E-state index in [2.05, 4.69) is 0 Å². The number of hydrogen-bond acceptors (Lipinski definition) is 28. The summed E-state index contributed by atoms with van der Waals surface area (Å²) in [4.78, 5) is 148. The van der Waals surface area contributed by atoms with Crippen molar-refractivity contribution in [3.8, 4) is 0 Å². The minimum Gasteiger partial charge on any atom is -0.463 e. The first kappa shape index (κ1) is 69.6. The summed E-state index contributed by atoms with van der Waals surface area (Å²) in [5.41, 5.74) is 2.32. The fraction of sp³-hybridized carbons (Fsp3) is 0.508. The van der Waals surface area contributed by atoms with Crippen LogP contribution in [-0.4, -0.2) is 196 Å². The Bertz CT molecular complexity index is 2950. The van der Waals surface area contributed by atoms with Crippen LogP contribution in [0.25, 0.3) is 0 Å². The average molecular weight is 1250 g/mol. The summed E-state index contributed by atoms with van der Waals surface area (Å²) in [6.45, 7) is 7.09. The van der Waals surface area contributed by atoms with E-state index in [1.807, 2.05) is 12.1 Å². The first-order valence-corrected chi connectivity index (χ1v) is 28.0. The molecule has 0 amide bonds. The molecular weight excluding hydrogens is 1180 g/mol. The van der Waals surface area contributed by atoms with Crippen LogP contribution in [0.2, 0.25) is 0 Å². The number of carbonyl (C=O) groups excluding carboxylic acids is 11. The molecule has 0 aliphatic carbocycles. The van der Waals surface area contributed by atoms with Crippen LogP contribution in [0, 0.1) is 0 Å². The van der Waals surface area contributed by atoms with E-state index in [4.69, 9.17) is 80.8 Å². The molecule has 3 heterocycles. The number of rotatable bonds is 26. The molecule has 0 aromatic heterocycles. The van der Waals surface area contributed by atoms with Gasteiger partial charge in [-0.15, -0.1) is 0 Å². The standard InChI is InChI=1S/C61H71NO27/c1-31(63)74-28-46-50(78-34(4)66)53(79-35(5)67)57(83-39(9)71)60(86-46)89-52-48(30-76-33(3)65)87-61(58(84-40(10)72)55(52)81-37(7)69)88-51-47(29-75-32(2)64)85-59(56(82-38(8)70)54(51)80-36(6)68)77-27-44(45(73)26-41-20-14-11-15-21-41)62-49(42-22-16-12-17-23-42)43-24-18-13-19-25-43/h11-25,44,46-48,50-61H,26-30H2,1-10H3/t44-,46+,47+,48+,50+,51+,52+,53-,54-,55-,56+,57+,58+,59-,60+,61+/m0/s1. The number of ketones is 1. The van der Waals surface area contributed by atoms with Crippen LogP contribution in [0.5, 0.6) is 0 Å². The maximum atomic E-state index is 14.6. The number of benzene rings is 3. The van der Waals surface area contributed by atoms with Crippen molar-refractivity contribution in [2.75, 3.05) is 26.4 Å². The van der Waals surface area contributed by atoms with Gasteiger partial charge in [-0.3, -0.25) is 57.7 Å². The Balaban J connectivity index is 1.46. The van der Waals surface area contributed by atoms with Gasteiger partial charge in [-0.2, -0.15) is 0 Å². The largest absolute Gasteiger partial charge is 0.463 e. The lowest BCUT2D eigenvalue weighted by Gasteiger charge is -2.50. The molecule has 0 unspecified atom stereocenters. The van der Waals surface area contributed by atoms with Crippen LogP contribution in [0.15, 0.2) is 96.0 Å². The fourth-order valence-electron chi connectivity index (χ4n) is 9.86. The molecule has 0 saturated carbocycles. The lowest BCUT2D eigenvalue weighted by atomic mass is 9.95. The normalized spacial score (nSPS) is 26.7. The molecule has 3 saturated heterocycles. The van der Waals surface area contributed by atoms with Gasteiger partial charge < -0.3 is 75.8 Å². The molecule has 28 nitrogen and oxygen atoms in total. The Morgan fingerprint density at radius 1 is 0.371 bits per heavy atom. The molecular formula is C61H71NO27. The zero-order valence-electron chi connectivity index (χ0n) is 50.4. The second kappa shape index (κ2) is 33.2. The number of nitrogens with zero attached hydrogens (tertiary/aromatic N) is 1. The lowest BCUT2D eigenvalue weighted by Crippen LogP contribution is -2.69. The first-order valence-electron chi connectivity index (χ1n) is 28.0. The smallest absolute Gasteiger partial charge is 0.303 e. The van der Waals surface area contributed by atoms with Gasteiger partial charge in [-0.05, 0) is 5.56 Å². The highest BCUT2D eigenvalue weighted by molar-refractivity contribution is 6.13. The molecule has 16 atom stereocenters. The number of aliphatic imine (C=N–C) groups is 1. The summed E-state index contributed by atoms with van der Waals surface area (Å²) in [5.74, 6) is -10.2. The van der Waals surface area contributed by atoms with Gasteiger partial charge in [0.05, 0.1) is 12.3 Å². The Morgan fingerprint density at radius 3 is 1.03 bits per heavy atom. The molecule has 3 aromatic rings. The highest BCUT2D eigenvalue weighted by Crippen LogP contribution is 2.38. The minimum atomic E-state index is -2.11. The topological polar surface area (TPSA) is 348 Å². The number of Topliss-reactive ketones (excluding diaryl/α,β-unsaturated/α-hetero) is 1. The van der Waals surface area contributed by atoms with E-state index in [0.717, 1.165) is 69.2 Å². The molecule has 0 radical (unpaired) electrons. The average Bonchev–Trinajstić information content (AvgIpc) is 1.14. The van der Waals surface area contributed by atoms with Crippen molar-refractivity contribution in [3.05, 3.63) is 108 Å². The van der Waals surface area contributed by atoms with Gasteiger partial charge in [0.15, 0.2) is 67.4 Å². The number of carbonyl (C=O) groups is 11. The lowest BCUT2D eigenvalue weighted by molar-refractivity contribution is -0.380. The minimum absolute atomic E-state index is 0.124. The summed E-state index contributed by atoms with van der Waals surface area (Å²) in [7, 11) is 0. The maximum absolute atomic E-state index is 14.6. The molecule has 3 fully saturated rings. The van der Waals surface area contributed by atoms with Gasteiger partial charge in [-0.25, -0.2) is 0 Å². The molecule has 3 aliphatic rings. The van der Waals surface area contributed by atoms with Gasteiger partial charge in [0, 0.05) is 86.8 Å². The van der Waals surface area contributed by atoms with E-state index in [9.17, 15) is 52.7 Å². The zero-order chi connectivity index (χ0) is 65.1. The monoisotopic (exact) mass is 1250 g/mol. The van der Waals surface area contributed by atoms with Gasteiger partial charge in [0.1, 0.15) is 56.4 Å². The van der Waals surface area contributed by atoms with Gasteiger partial charge >= 0.3 is 59.7 Å². The van der Waals surface area contributed by atoms with E-state index in [1.54, 1.807) is 78.9 Å². The van der Waals surface area contributed by atoms with Crippen LogP contribution < -0.4 is 0 Å². The van der Waals surface area contributed by atoms with Crippen LogP contribution in [0.1, 0.15) is 85.9 Å². The summed E-state index contributed by atoms with van der Waals surface area (Å²) >= 11 is 0. The molecule has 0 spiro atoms. The van der Waals surface area contributed by atoms with Crippen molar-refractivity contribution in [2.45, 2.75) is 174 Å². The third-order valence-electron chi connectivity index (χ3n) is 13.2. The second-order valence-corrected chi connectivity index (χ2v) is 20.4. The molecule has 0 N–H and O–H groups in total. The maximum Gasteiger partial charge on any atom is 0.303 e. The van der Waals surface area contributed by atoms with Gasteiger partial charge in [0.2, 0.25) is 0 Å². The Labute approximate surface area is 511 Å². The van der Waals surface area contributed by atoms with Crippen molar-refractivity contribution in [1.82, 2.24) is 0 Å². The Morgan fingerprint density at radius 2 is 0.674 bits per heavy atom. The third kappa shape index (κ3) is 20.8. The second-order valence-electron chi connectivity index (χ2n) is 20.4. The van der Waals surface area contributed by atoms with E-state index < -0.39 is 190 Å². The summed E-state index contributed by atoms with van der Waals surface area (Å²) < 4.78 is 94.8. The van der Waals surface area contributed by atoms with E-state index in [-0.39, 0.29) is 6.42 Å². The SMILES string of the molecule is CC(=O)OC[C@H]1O[C@H](O[C@H]2[C@H](OC(C)=O)[C@@H](OC(C)=O)[C@@H](O[C@H]3[C@H](OC(C)=O)[C@@H](OC(C)=O)[C@@H](OC[C@H](N=C(c4ccccc4)c4ccccc4)C(=O)Cc4ccccc4)O[C@@H]3COC(C)=O)O[C@@H]2COC(C)=O)[C@H](OC(C)=O)[C@@H](OC(C)=O)[C@@H]1OC(C)=O. The van der Waals surface area contributed by atoms with Crippen LogP contribution in [0.3, 0.4) is 0 Å². The van der Waals surface area contributed by atoms with Crippen LogP contribution in [0.4, 0.5) is 0 Å². The van der Waals surface area contributed by atoms with Crippen molar-refractivity contribution < 1.29 is 129 Å². The van der Waals surface area contributed by atoms with Crippen LogP contribution in [-0.2, 0) is 135 Å². The molecule has 28 heteroatoms. The molecule has 3 aliphatic heterocycles. The van der Waals surface area contributed by atoms with Crippen molar-refractivity contribution in [1.29, 1.82) is 0 Å². The summed E-state index contributed by atoms with van der Waals surface area (Å²) in [5, 5.41) is 0. The molecule has 3 aromatic carbocycles. The predicted octanol–water partition coefficient (Wildman–Crippen LogP) is 2.88. The van der Waals surface area contributed by atoms with Crippen molar-refractivity contribution in [2.24, 2.45) is 4.99 Å². The van der Waals surface area contributed by atoms with Crippen molar-refractivity contribution in [3.63, 3.8) is 0 Å². The number of esters is 10.